The number of hydrogen-bond acceptors (Lipinski definition) is 3. The van der Waals surface area contributed by atoms with Crippen molar-refractivity contribution >= 4 is 11.7 Å². The van der Waals surface area contributed by atoms with Crippen molar-refractivity contribution in [3.05, 3.63) is 70.5 Å². The SMILES string of the molecule is CC(=O)c1ccccc1CCc1ccc(F)c(C(=O)N2CCNCC2)c1. The minimum absolute atomic E-state index is 0.0364. The summed E-state index contributed by atoms with van der Waals surface area (Å²) in [7, 11) is 0. The first-order valence-corrected chi connectivity index (χ1v) is 8.93. The Kier molecular flexibility index (Phi) is 5.78. The van der Waals surface area contributed by atoms with E-state index >= 15 is 0 Å². The van der Waals surface area contributed by atoms with Gasteiger partial charge in [0.05, 0.1) is 5.56 Å². The number of aryl methyl sites for hydroxylation is 2. The molecular formula is C21H23FN2O2. The van der Waals surface area contributed by atoms with Crippen LogP contribution >= 0.6 is 0 Å². The third-order valence-corrected chi connectivity index (χ3v) is 4.75. The van der Waals surface area contributed by atoms with Crippen LogP contribution in [0.1, 0.15) is 38.8 Å². The molecule has 1 aliphatic heterocycles. The minimum Gasteiger partial charge on any atom is -0.336 e. The van der Waals surface area contributed by atoms with Crippen molar-refractivity contribution in [3.8, 4) is 0 Å². The monoisotopic (exact) mass is 354 g/mol. The van der Waals surface area contributed by atoms with E-state index in [0.717, 1.165) is 24.2 Å². The summed E-state index contributed by atoms with van der Waals surface area (Å²) in [6.07, 6.45) is 1.31. The van der Waals surface area contributed by atoms with Gasteiger partial charge < -0.3 is 10.2 Å². The lowest BCUT2D eigenvalue weighted by molar-refractivity contribution is 0.0730. The zero-order chi connectivity index (χ0) is 18.5. The lowest BCUT2D eigenvalue weighted by Crippen LogP contribution is -2.46. The van der Waals surface area contributed by atoms with E-state index in [4.69, 9.17) is 0 Å². The summed E-state index contributed by atoms with van der Waals surface area (Å²) in [6, 6.07) is 12.2. The van der Waals surface area contributed by atoms with Gasteiger partial charge in [0, 0.05) is 31.7 Å². The summed E-state index contributed by atoms with van der Waals surface area (Å²) < 4.78 is 14.2. The fourth-order valence-electron chi connectivity index (χ4n) is 3.29. The first-order chi connectivity index (χ1) is 12.6. The molecule has 4 nitrogen and oxygen atoms in total. The van der Waals surface area contributed by atoms with E-state index in [9.17, 15) is 14.0 Å². The van der Waals surface area contributed by atoms with E-state index < -0.39 is 5.82 Å². The number of ketones is 1. The molecule has 5 heteroatoms. The van der Waals surface area contributed by atoms with Crippen molar-refractivity contribution in [2.45, 2.75) is 19.8 Å². The first-order valence-electron chi connectivity index (χ1n) is 8.93. The lowest BCUT2D eigenvalue weighted by Gasteiger charge is -2.27. The number of carbonyl (C=O) groups excluding carboxylic acids is 2. The third kappa shape index (κ3) is 4.17. The van der Waals surface area contributed by atoms with Crippen molar-refractivity contribution in [3.63, 3.8) is 0 Å². The maximum Gasteiger partial charge on any atom is 0.256 e. The Balaban J connectivity index is 1.75. The number of rotatable bonds is 5. The fraction of sp³-hybridized carbons (Fsp3) is 0.333. The summed E-state index contributed by atoms with van der Waals surface area (Å²) in [6.45, 7) is 4.20. The number of nitrogens with zero attached hydrogens (tertiary/aromatic N) is 1. The standard InChI is InChI=1S/C21H23FN2O2/c1-15(25)18-5-3-2-4-17(18)8-6-16-7-9-20(22)19(14-16)21(26)24-12-10-23-11-13-24/h2-5,7,9,14,23H,6,8,10-13H2,1H3. The van der Waals surface area contributed by atoms with Gasteiger partial charge >= 0.3 is 0 Å². The summed E-state index contributed by atoms with van der Waals surface area (Å²) in [5.74, 6) is -0.703. The molecule has 0 radical (unpaired) electrons. The van der Waals surface area contributed by atoms with Crippen molar-refractivity contribution in [1.82, 2.24) is 10.2 Å². The van der Waals surface area contributed by atoms with Gasteiger partial charge in [0.1, 0.15) is 5.82 Å². The molecule has 0 aliphatic carbocycles. The van der Waals surface area contributed by atoms with E-state index in [0.29, 0.717) is 31.5 Å². The molecule has 0 aromatic heterocycles. The molecule has 0 bridgehead atoms. The summed E-state index contributed by atoms with van der Waals surface area (Å²) in [5, 5.41) is 3.18. The van der Waals surface area contributed by atoms with Gasteiger partial charge in [-0.3, -0.25) is 9.59 Å². The Labute approximate surface area is 153 Å². The number of nitrogens with one attached hydrogen (secondary N) is 1. The van der Waals surface area contributed by atoms with Gasteiger partial charge in [0.2, 0.25) is 0 Å². The van der Waals surface area contributed by atoms with Crippen LogP contribution in [0.25, 0.3) is 0 Å². The van der Waals surface area contributed by atoms with Crippen LogP contribution in [0.4, 0.5) is 4.39 Å². The predicted molar refractivity (Wildman–Crippen MR) is 99.0 cm³/mol. The zero-order valence-electron chi connectivity index (χ0n) is 14.9. The van der Waals surface area contributed by atoms with Gasteiger partial charge in [-0.15, -0.1) is 0 Å². The number of benzene rings is 2. The highest BCUT2D eigenvalue weighted by atomic mass is 19.1. The second-order valence-electron chi connectivity index (χ2n) is 6.57. The maximum atomic E-state index is 14.2. The van der Waals surface area contributed by atoms with E-state index in [1.165, 1.54) is 6.07 Å². The molecule has 1 aliphatic rings. The van der Waals surface area contributed by atoms with Crippen LogP contribution in [0.15, 0.2) is 42.5 Å². The number of amides is 1. The molecule has 3 rings (SSSR count). The molecule has 136 valence electrons. The number of hydrogen-bond donors (Lipinski definition) is 1. The fourth-order valence-corrected chi connectivity index (χ4v) is 3.29. The highest BCUT2D eigenvalue weighted by Crippen LogP contribution is 2.17. The van der Waals surface area contributed by atoms with E-state index in [1.54, 1.807) is 24.0 Å². The number of piperazine rings is 1. The summed E-state index contributed by atoms with van der Waals surface area (Å²) in [4.78, 5) is 26.0. The van der Waals surface area contributed by atoms with Gasteiger partial charge in [-0.05, 0) is 43.0 Å². The first kappa shape index (κ1) is 18.3. The molecule has 1 heterocycles. The Morgan fingerprint density at radius 2 is 1.77 bits per heavy atom. The molecule has 0 atom stereocenters. The smallest absolute Gasteiger partial charge is 0.256 e. The molecule has 0 spiro atoms. The molecular weight excluding hydrogens is 331 g/mol. The quantitative estimate of drug-likeness (QED) is 0.840. The van der Waals surface area contributed by atoms with Crippen molar-refractivity contribution in [1.29, 1.82) is 0 Å². The Morgan fingerprint density at radius 3 is 2.50 bits per heavy atom. The van der Waals surface area contributed by atoms with Crippen LogP contribution in [0.2, 0.25) is 0 Å². The Hall–Kier alpha value is -2.53. The van der Waals surface area contributed by atoms with Gasteiger partial charge in [0.25, 0.3) is 5.91 Å². The number of halogens is 1. The minimum atomic E-state index is -0.485. The highest BCUT2D eigenvalue weighted by Gasteiger charge is 2.21. The molecule has 1 fully saturated rings. The van der Waals surface area contributed by atoms with Gasteiger partial charge in [-0.25, -0.2) is 4.39 Å². The zero-order valence-corrected chi connectivity index (χ0v) is 14.9. The van der Waals surface area contributed by atoms with E-state index in [-0.39, 0.29) is 17.3 Å². The van der Waals surface area contributed by atoms with Crippen molar-refractivity contribution in [2.24, 2.45) is 0 Å². The predicted octanol–water partition coefficient (Wildman–Crippen LogP) is 2.86. The topological polar surface area (TPSA) is 49.4 Å². The van der Waals surface area contributed by atoms with E-state index in [1.807, 2.05) is 24.3 Å². The van der Waals surface area contributed by atoms with Crippen LogP contribution in [-0.2, 0) is 12.8 Å². The maximum absolute atomic E-state index is 14.2. The Bertz CT molecular complexity index is 813. The lowest BCUT2D eigenvalue weighted by atomic mass is 9.97. The van der Waals surface area contributed by atoms with Gasteiger partial charge in [0.15, 0.2) is 5.78 Å². The molecule has 1 saturated heterocycles. The van der Waals surface area contributed by atoms with Crippen LogP contribution in [0.5, 0.6) is 0 Å². The summed E-state index contributed by atoms with van der Waals surface area (Å²) >= 11 is 0. The largest absolute Gasteiger partial charge is 0.336 e. The average molecular weight is 354 g/mol. The van der Waals surface area contributed by atoms with Gasteiger partial charge in [-0.2, -0.15) is 0 Å². The molecule has 1 N–H and O–H groups in total. The number of Topliss-reactive ketones (excluding diaryl/α,β-unsaturated/α-hetero) is 1. The molecule has 0 unspecified atom stereocenters. The normalized spacial score (nSPS) is 14.3. The molecule has 2 aromatic carbocycles. The van der Waals surface area contributed by atoms with Crippen LogP contribution in [0, 0.1) is 5.82 Å². The Morgan fingerprint density at radius 1 is 1.04 bits per heavy atom. The van der Waals surface area contributed by atoms with Crippen LogP contribution in [0.3, 0.4) is 0 Å². The third-order valence-electron chi connectivity index (χ3n) is 4.75. The molecule has 26 heavy (non-hydrogen) atoms. The van der Waals surface area contributed by atoms with Crippen LogP contribution < -0.4 is 5.32 Å². The van der Waals surface area contributed by atoms with Crippen molar-refractivity contribution in [2.75, 3.05) is 26.2 Å². The van der Waals surface area contributed by atoms with E-state index in [2.05, 4.69) is 5.32 Å². The van der Waals surface area contributed by atoms with Crippen molar-refractivity contribution < 1.29 is 14.0 Å². The van der Waals surface area contributed by atoms with Gasteiger partial charge in [-0.1, -0.05) is 30.3 Å². The molecule has 1 amide bonds. The average Bonchev–Trinajstić information content (AvgIpc) is 2.67. The molecule has 2 aromatic rings. The second kappa shape index (κ2) is 8.23. The highest BCUT2D eigenvalue weighted by molar-refractivity contribution is 5.95. The number of carbonyl (C=O) groups is 2. The summed E-state index contributed by atoms with van der Waals surface area (Å²) in [5.41, 5.74) is 2.71. The van der Waals surface area contributed by atoms with Crippen LogP contribution in [-0.4, -0.2) is 42.8 Å². The molecule has 0 saturated carbocycles. The second-order valence-corrected chi connectivity index (χ2v) is 6.57.